The summed E-state index contributed by atoms with van der Waals surface area (Å²) in [5.41, 5.74) is 1.28. The average Bonchev–Trinajstić information content (AvgIpc) is 3.83. The van der Waals surface area contributed by atoms with E-state index in [9.17, 15) is 29.3 Å². The molecule has 7 nitrogen and oxygen atoms in total. The molecular weight excluding hydrogens is 804 g/mol. The Hall–Kier alpha value is -1.25. The predicted octanol–water partition coefficient (Wildman–Crippen LogP) is 12.3. The van der Waals surface area contributed by atoms with Crippen LogP contribution in [0.15, 0.2) is 0 Å². The molecule has 0 heterocycles. The maximum absolute atomic E-state index is 11.8. The van der Waals surface area contributed by atoms with Crippen LogP contribution in [0.3, 0.4) is 0 Å². The number of esters is 2. The maximum atomic E-state index is 11.8. The largest absolute Gasteiger partial charge is 0.469 e. The Labute approximate surface area is 391 Å². The van der Waals surface area contributed by atoms with Gasteiger partial charge in [0.2, 0.25) is 0 Å². The molecule has 8 heteroatoms. The second kappa shape index (κ2) is 20.8. The Kier molecular flexibility index (Phi) is 16.4. The zero-order valence-corrected chi connectivity index (χ0v) is 42.6. The monoisotopic (exact) mass is 902 g/mol. The van der Waals surface area contributed by atoms with Crippen molar-refractivity contribution >= 4 is 11.9 Å². The third kappa shape index (κ3) is 9.06. The van der Waals surface area contributed by atoms with Gasteiger partial charge in [-0.3, -0.25) is 14.0 Å². The van der Waals surface area contributed by atoms with Gasteiger partial charge in [-0.15, -0.1) is 0 Å². The second-order valence-corrected chi connectivity index (χ2v) is 24.9. The summed E-state index contributed by atoms with van der Waals surface area (Å²) in [6.07, 6.45) is 21.6. The van der Waals surface area contributed by atoms with Crippen molar-refractivity contribution in [3.05, 3.63) is 0 Å². The number of aliphatic hydroxyl groups excluding tert-OH is 3. The van der Waals surface area contributed by atoms with E-state index in [4.69, 9.17) is 10.8 Å². The molecule has 0 aromatic heterocycles. The number of hydrogen-bond acceptors (Lipinski definition) is 7. The molecule has 8 aliphatic carbocycles. The number of methoxy groups -OCH3 is 2. The fraction of sp³-hybridized carbons (Fsp3) is 0.964. The first-order chi connectivity index (χ1) is 30.8. The Balaban J connectivity index is 0.000000203. The highest BCUT2D eigenvalue weighted by atomic mass is 19.1. The number of ether oxygens (including phenoxy) is 2. The Morgan fingerprint density at radius 2 is 0.984 bits per heavy atom. The molecule has 0 unspecified atom stereocenters. The van der Waals surface area contributed by atoms with Crippen LogP contribution in [0.25, 0.3) is 0 Å². The minimum absolute atomic E-state index is 0.0748. The van der Waals surface area contributed by atoms with Crippen LogP contribution in [0.2, 0.25) is 0 Å². The summed E-state index contributed by atoms with van der Waals surface area (Å²) in [7, 11) is 1.98. The van der Waals surface area contributed by atoms with Crippen LogP contribution in [-0.2, 0) is 19.1 Å². The number of alkyl halides is 1. The van der Waals surface area contributed by atoms with E-state index in [0.717, 1.165) is 50.9 Å². The van der Waals surface area contributed by atoms with Crippen LogP contribution in [0.1, 0.15) is 192 Å². The van der Waals surface area contributed by atoms with E-state index < -0.39 is 7.15 Å². The topological polar surface area (TPSA) is 113 Å². The Bertz CT molecular complexity index is 1470. The summed E-state index contributed by atoms with van der Waals surface area (Å²) in [5.74, 6) is 8.39. The van der Waals surface area contributed by atoms with Crippen molar-refractivity contribution in [1.29, 1.82) is 0 Å². The summed E-state index contributed by atoms with van der Waals surface area (Å²) in [5, 5.41) is 34.0. The minimum Gasteiger partial charge on any atom is -0.469 e. The lowest BCUT2D eigenvalue weighted by atomic mass is 9.41. The molecule has 0 aliphatic heterocycles. The minimum atomic E-state index is -1.00. The summed E-state index contributed by atoms with van der Waals surface area (Å²) < 4.78 is 25.3. The molecule has 3 N–H and O–H groups in total. The van der Waals surface area contributed by atoms with Crippen LogP contribution in [-0.4, -0.2) is 66.9 Å². The molecule has 0 aromatic carbocycles. The van der Waals surface area contributed by atoms with Crippen molar-refractivity contribution in [3.8, 4) is 0 Å². The molecule has 22 atom stereocenters. The molecule has 0 spiro atoms. The number of aliphatic hydroxyl groups is 3. The Morgan fingerprint density at radius 1 is 0.609 bits per heavy atom. The van der Waals surface area contributed by atoms with E-state index in [-0.39, 0.29) is 41.1 Å². The zero-order chi connectivity index (χ0) is 47.8. The molecule has 64 heavy (non-hydrogen) atoms. The molecule has 8 aliphatic rings. The van der Waals surface area contributed by atoms with Crippen LogP contribution in [0, 0.1) is 110 Å². The van der Waals surface area contributed by atoms with Crippen LogP contribution in [0.5, 0.6) is 0 Å². The molecule has 0 saturated heterocycles. The third-order valence-corrected chi connectivity index (χ3v) is 22.7. The average molecular weight is 902 g/mol. The van der Waals surface area contributed by atoms with Gasteiger partial charge in [-0.2, -0.15) is 0 Å². The lowest BCUT2D eigenvalue weighted by Crippen LogP contribution is -2.62. The highest BCUT2D eigenvalue weighted by Crippen LogP contribution is 2.71. The highest BCUT2D eigenvalue weighted by Gasteiger charge is 2.66. The van der Waals surface area contributed by atoms with Crippen LogP contribution < -0.4 is 0 Å². The van der Waals surface area contributed by atoms with E-state index in [1.54, 1.807) is 0 Å². The van der Waals surface area contributed by atoms with Crippen molar-refractivity contribution in [1.82, 2.24) is 0 Å². The molecule has 370 valence electrons. The smallest absolute Gasteiger partial charge is 0.305 e. The van der Waals surface area contributed by atoms with Crippen molar-refractivity contribution in [2.24, 2.45) is 110 Å². The van der Waals surface area contributed by atoms with Crippen molar-refractivity contribution < 1.29 is 40.1 Å². The molecule has 0 bridgehead atoms. The van der Waals surface area contributed by atoms with E-state index >= 15 is 0 Å². The molecule has 0 aromatic rings. The SMILES string of the molecule is CC[C@H]1[C@@H](O)[C@@H]2[C@H](CC[C@]3(C)[C@@H]([C@H](C)CCC(=O)OC)CC[C@@H]23)[C@@]2(C)CC[C@@H](C)C[C@@H]12.CC[C@H]1[C@@H](O)[C@@H]2[C@H](CC[C@]3(C)[C@@H]([C@H](C)CCC(=O)OC)CC[C@@H]23)[C@@]2(C)CC[C@@H](O)C[C@@H]12.[2H]CF. The van der Waals surface area contributed by atoms with E-state index in [1.165, 1.54) is 84.8 Å². The maximum Gasteiger partial charge on any atom is 0.305 e. The van der Waals surface area contributed by atoms with Crippen LogP contribution >= 0.6 is 0 Å². The first-order valence-corrected chi connectivity index (χ1v) is 26.8. The van der Waals surface area contributed by atoms with Gasteiger partial charge < -0.3 is 24.8 Å². The summed E-state index contributed by atoms with van der Waals surface area (Å²) in [6.45, 7) is 21.9. The van der Waals surface area contributed by atoms with Gasteiger partial charge in [0.25, 0.3) is 0 Å². The van der Waals surface area contributed by atoms with Gasteiger partial charge in [0.15, 0.2) is 0 Å². The molecule has 8 rings (SSSR count). The van der Waals surface area contributed by atoms with Crippen molar-refractivity contribution in [2.75, 3.05) is 21.4 Å². The van der Waals surface area contributed by atoms with Gasteiger partial charge in [-0.1, -0.05) is 81.6 Å². The van der Waals surface area contributed by atoms with Crippen molar-refractivity contribution in [3.63, 3.8) is 0 Å². The van der Waals surface area contributed by atoms with Gasteiger partial charge in [-0.25, -0.2) is 0 Å². The second-order valence-electron chi connectivity index (χ2n) is 24.9. The summed E-state index contributed by atoms with van der Waals surface area (Å²) >= 11 is 0. The van der Waals surface area contributed by atoms with E-state index in [1.807, 2.05) is 0 Å². The van der Waals surface area contributed by atoms with E-state index in [2.05, 4.69) is 62.3 Å². The number of carbonyl (C=O) groups is 2. The number of fused-ring (bicyclic) bond motifs is 10. The zero-order valence-electron chi connectivity index (χ0n) is 43.6. The molecular formula is C56H97FO7. The van der Waals surface area contributed by atoms with Gasteiger partial charge in [0, 0.05) is 12.8 Å². The predicted molar refractivity (Wildman–Crippen MR) is 255 cm³/mol. The number of hydrogen-bond donors (Lipinski definition) is 3. The lowest BCUT2D eigenvalue weighted by Gasteiger charge is -2.65. The first kappa shape index (κ1) is 50.6. The quantitative estimate of drug-likeness (QED) is 0.187. The third-order valence-electron chi connectivity index (χ3n) is 22.7. The normalized spacial score (nSPS) is 48.9. The summed E-state index contributed by atoms with van der Waals surface area (Å²) in [4.78, 5) is 23.4. The van der Waals surface area contributed by atoms with Gasteiger partial charge in [0.1, 0.15) is 0 Å². The number of rotatable bonds is 10. The standard InChI is InChI=1S/C28H48O3.C27H46O4.CH3F/c1-7-19-23-16-17(2)12-14-28(23,5)22-13-15-27(4)20(18(3)8-11-24(29)31-6)9-10-21(27)25(22)26(19)30;1-6-18-22-15-17(28)11-13-27(22,4)21-12-14-26(3)19(16(2)7-10-23(29)31-5)8-9-20(26)24(21)25(18)30;1-2/h17-23,25-26,30H,7-16H2,1-6H3;16-22,24-25,28,30H,6-15H2,1-5H3;1H3/t17-,18-,19-,20-,21+,22+,23+,25+,26-,27-,28-;16-,17-,18-,19-,20+,21+,22+,24+,25-,26-,27-;/m11./s1/i;;1D. The lowest BCUT2D eigenvalue weighted by molar-refractivity contribution is -0.203. The van der Waals surface area contributed by atoms with Crippen LogP contribution in [0.4, 0.5) is 4.39 Å². The van der Waals surface area contributed by atoms with Gasteiger partial charge >= 0.3 is 11.9 Å². The summed E-state index contributed by atoms with van der Waals surface area (Å²) in [6, 6.07) is 0. The molecule has 8 saturated carbocycles. The fourth-order valence-corrected chi connectivity index (χ4v) is 19.4. The molecule has 0 amide bonds. The van der Waals surface area contributed by atoms with Gasteiger partial charge in [-0.05, 0) is 207 Å². The van der Waals surface area contributed by atoms with Crippen molar-refractivity contribution in [2.45, 2.75) is 209 Å². The van der Waals surface area contributed by atoms with Gasteiger partial charge in [0.05, 0.1) is 41.1 Å². The molecule has 8 fully saturated rings. The molecule has 0 radical (unpaired) electrons. The first-order valence-electron chi connectivity index (χ1n) is 27.5. The number of halogens is 1. The fourth-order valence-electron chi connectivity index (χ4n) is 19.4. The number of carbonyl (C=O) groups excluding carboxylic acids is 2. The Morgan fingerprint density at radius 3 is 1.39 bits per heavy atom. The van der Waals surface area contributed by atoms with E-state index in [0.29, 0.717) is 107 Å². The highest BCUT2D eigenvalue weighted by molar-refractivity contribution is 5.69.